The van der Waals surface area contributed by atoms with Crippen LogP contribution < -0.4 is 10.6 Å². The zero-order valence-corrected chi connectivity index (χ0v) is 13.3. The fourth-order valence-corrected chi connectivity index (χ4v) is 2.42. The Hall–Kier alpha value is -1.46. The molecular weight excluding hydrogens is 339 g/mol. The summed E-state index contributed by atoms with van der Waals surface area (Å²) >= 11 is 8.20. The lowest BCUT2D eigenvalue weighted by atomic mass is 10.1. The Morgan fingerprint density at radius 2 is 1.90 bits per heavy atom. The number of nitrogens with zero attached hydrogens (tertiary/aromatic N) is 1. The molecular formula is C15H14BrFN2S. The number of benzene rings is 2. The van der Waals surface area contributed by atoms with Crippen LogP contribution in [0.4, 0.5) is 10.1 Å². The second-order valence-corrected chi connectivity index (χ2v) is 5.71. The maximum absolute atomic E-state index is 13.5. The second kappa shape index (κ2) is 6.33. The van der Waals surface area contributed by atoms with E-state index in [0.29, 0.717) is 16.0 Å². The van der Waals surface area contributed by atoms with Gasteiger partial charge in [-0.3, -0.25) is 0 Å². The smallest absolute Gasteiger partial charge is 0.137 e. The maximum Gasteiger partial charge on any atom is 0.137 e. The van der Waals surface area contributed by atoms with Crippen LogP contribution in [0.25, 0.3) is 0 Å². The predicted octanol–water partition coefficient (Wildman–Crippen LogP) is 3.86. The van der Waals surface area contributed by atoms with E-state index in [4.69, 9.17) is 18.0 Å². The molecule has 0 spiro atoms. The van der Waals surface area contributed by atoms with Gasteiger partial charge in [-0.15, -0.1) is 0 Å². The first-order valence-corrected chi connectivity index (χ1v) is 7.23. The van der Waals surface area contributed by atoms with Crippen LogP contribution in [0.2, 0.25) is 0 Å². The van der Waals surface area contributed by atoms with E-state index in [9.17, 15) is 4.39 Å². The lowest BCUT2D eigenvalue weighted by Gasteiger charge is -2.20. The number of hydrogen-bond acceptors (Lipinski definition) is 2. The fraction of sp³-hybridized carbons (Fsp3) is 0.133. The van der Waals surface area contributed by atoms with Gasteiger partial charge in [-0.1, -0.05) is 24.4 Å². The van der Waals surface area contributed by atoms with Gasteiger partial charge in [0.05, 0.1) is 4.47 Å². The molecule has 0 aliphatic carbocycles. The first kappa shape index (κ1) is 14.9. The van der Waals surface area contributed by atoms with Gasteiger partial charge in [0.15, 0.2) is 0 Å². The average Bonchev–Trinajstić information content (AvgIpc) is 2.44. The molecule has 0 fully saturated rings. The van der Waals surface area contributed by atoms with E-state index in [0.717, 1.165) is 16.8 Å². The van der Waals surface area contributed by atoms with E-state index in [1.807, 2.05) is 42.3 Å². The molecule has 0 atom stereocenters. The lowest BCUT2D eigenvalue weighted by molar-refractivity contribution is 0.617. The van der Waals surface area contributed by atoms with Crippen LogP contribution >= 0.6 is 28.1 Å². The minimum Gasteiger partial charge on any atom is -0.389 e. The van der Waals surface area contributed by atoms with E-state index in [1.54, 1.807) is 6.07 Å². The van der Waals surface area contributed by atoms with Crippen molar-refractivity contribution in [2.24, 2.45) is 5.73 Å². The summed E-state index contributed by atoms with van der Waals surface area (Å²) in [5.74, 6) is -0.250. The molecule has 0 aromatic heterocycles. The van der Waals surface area contributed by atoms with Gasteiger partial charge in [-0.05, 0) is 51.8 Å². The van der Waals surface area contributed by atoms with Gasteiger partial charge in [0.25, 0.3) is 0 Å². The van der Waals surface area contributed by atoms with Gasteiger partial charge in [0, 0.05) is 24.8 Å². The second-order valence-electron chi connectivity index (χ2n) is 4.48. The quantitative estimate of drug-likeness (QED) is 0.847. The maximum atomic E-state index is 13.5. The molecule has 0 saturated carbocycles. The highest BCUT2D eigenvalue weighted by Crippen LogP contribution is 2.23. The highest BCUT2D eigenvalue weighted by molar-refractivity contribution is 9.10. The summed E-state index contributed by atoms with van der Waals surface area (Å²) in [7, 11) is 1.95. The Bertz CT molecular complexity index is 628. The zero-order valence-electron chi connectivity index (χ0n) is 10.9. The van der Waals surface area contributed by atoms with Crippen LogP contribution in [0.15, 0.2) is 46.9 Å². The van der Waals surface area contributed by atoms with Gasteiger partial charge in [-0.25, -0.2) is 4.39 Å². The van der Waals surface area contributed by atoms with Gasteiger partial charge in [0.1, 0.15) is 10.8 Å². The summed E-state index contributed by atoms with van der Waals surface area (Å²) in [6.07, 6.45) is 0. The Balaban J connectivity index is 2.17. The van der Waals surface area contributed by atoms with Crippen LogP contribution in [0.3, 0.4) is 0 Å². The molecule has 2 N–H and O–H groups in total. The minimum atomic E-state index is -0.250. The summed E-state index contributed by atoms with van der Waals surface area (Å²) in [5.41, 5.74) is 8.32. The number of anilines is 1. The van der Waals surface area contributed by atoms with E-state index in [1.165, 1.54) is 6.07 Å². The fourth-order valence-electron chi connectivity index (χ4n) is 1.90. The number of rotatable bonds is 4. The monoisotopic (exact) mass is 352 g/mol. The zero-order chi connectivity index (χ0) is 14.7. The van der Waals surface area contributed by atoms with Crippen molar-refractivity contribution in [3.05, 3.63) is 63.9 Å². The van der Waals surface area contributed by atoms with E-state index in [-0.39, 0.29) is 5.82 Å². The van der Waals surface area contributed by atoms with E-state index in [2.05, 4.69) is 15.9 Å². The third-order valence-electron chi connectivity index (χ3n) is 3.03. The molecule has 2 aromatic rings. The SMILES string of the molecule is CN(Cc1cccc(F)c1Br)c1ccc(C(N)=S)cc1. The molecule has 0 saturated heterocycles. The molecule has 20 heavy (non-hydrogen) atoms. The molecule has 0 aliphatic heterocycles. The molecule has 5 heteroatoms. The Labute approximate surface area is 131 Å². The van der Waals surface area contributed by atoms with Crippen molar-refractivity contribution in [2.45, 2.75) is 6.54 Å². The predicted molar refractivity (Wildman–Crippen MR) is 88.5 cm³/mol. The first-order chi connectivity index (χ1) is 9.49. The molecule has 0 amide bonds. The number of nitrogens with two attached hydrogens (primary N) is 1. The molecule has 0 heterocycles. The molecule has 2 nitrogen and oxygen atoms in total. The highest BCUT2D eigenvalue weighted by Gasteiger charge is 2.08. The molecule has 0 bridgehead atoms. The third-order valence-corrected chi connectivity index (χ3v) is 4.16. The summed E-state index contributed by atoms with van der Waals surface area (Å²) in [5, 5.41) is 0. The lowest BCUT2D eigenvalue weighted by Crippen LogP contribution is -2.17. The minimum absolute atomic E-state index is 0.250. The Kier molecular flexibility index (Phi) is 4.73. The molecule has 104 valence electrons. The van der Waals surface area contributed by atoms with Crippen molar-refractivity contribution < 1.29 is 4.39 Å². The summed E-state index contributed by atoms with van der Waals surface area (Å²) in [4.78, 5) is 2.41. The van der Waals surface area contributed by atoms with Crippen molar-refractivity contribution in [2.75, 3.05) is 11.9 Å². The first-order valence-electron chi connectivity index (χ1n) is 6.03. The number of halogens is 2. The Morgan fingerprint density at radius 1 is 1.25 bits per heavy atom. The van der Waals surface area contributed by atoms with E-state index >= 15 is 0 Å². The molecule has 0 aliphatic rings. The van der Waals surface area contributed by atoms with Gasteiger partial charge in [-0.2, -0.15) is 0 Å². The third kappa shape index (κ3) is 3.35. The van der Waals surface area contributed by atoms with Crippen LogP contribution in [0, 0.1) is 5.82 Å². The van der Waals surface area contributed by atoms with Gasteiger partial charge in [0.2, 0.25) is 0 Å². The van der Waals surface area contributed by atoms with Crippen LogP contribution in [-0.2, 0) is 6.54 Å². The highest BCUT2D eigenvalue weighted by atomic mass is 79.9. The van der Waals surface area contributed by atoms with Crippen molar-refractivity contribution in [3.63, 3.8) is 0 Å². The van der Waals surface area contributed by atoms with Crippen LogP contribution in [0.1, 0.15) is 11.1 Å². The summed E-state index contributed by atoms with van der Waals surface area (Å²) < 4.78 is 14.0. The normalized spacial score (nSPS) is 10.3. The molecule has 0 radical (unpaired) electrons. The molecule has 2 rings (SSSR count). The summed E-state index contributed by atoms with van der Waals surface area (Å²) in [6, 6.07) is 12.7. The standard InChI is InChI=1S/C15H14BrFN2S/c1-19(9-11-3-2-4-13(17)14(11)16)12-7-5-10(6-8-12)15(18)20/h2-8H,9H2,1H3,(H2,18,20). The summed E-state index contributed by atoms with van der Waals surface area (Å²) in [6.45, 7) is 0.602. The van der Waals surface area contributed by atoms with Crippen molar-refractivity contribution in [1.29, 1.82) is 0 Å². The number of thiocarbonyl (C=S) groups is 1. The van der Waals surface area contributed by atoms with Crippen LogP contribution in [-0.4, -0.2) is 12.0 Å². The Morgan fingerprint density at radius 3 is 2.50 bits per heavy atom. The molecule has 0 unspecified atom stereocenters. The average molecular weight is 353 g/mol. The van der Waals surface area contributed by atoms with E-state index < -0.39 is 0 Å². The van der Waals surface area contributed by atoms with Gasteiger partial charge < -0.3 is 10.6 Å². The van der Waals surface area contributed by atoms with Crippen LogP contribution in [0.5, 0.6) is 0 Å². The van der Waals surface area contributed by atoms with Crippen molar-refractivity contribution >= 4 is 38.8 Å². The van der Waals surface area contributed by atoms with Crippen molar-refractivity contribution in [1.82, 2.24) is 0 Å². The molecule has 2 aromatic carbocycles. The topological polar surface area (TPSA) is 29.3 Å². The van der Waals surface area contributed by atoms with Gasteiger partial charge >= 0.3 is 0 Å². The van der Waals surface area contributed by atoms with Crippen molar-refractivity contribution in [3.8, 4) is 0 Å². The number of hydrogen-bond donors (Lipinski definition) is 1. The largest absolute Gasteiger partial charge is 0.389 e.